The van der Waals surface area contributed by atoms with Gasteiger partial charge in [-0.1, -0.05) is 36.4 Å². The molecule has 1 aliphatic heterocycles. The molecule has 1 aromatic carbocycles. The average molecular weight is 558 g/mol. The number of nitrogens with one attached hydrogen (secondary N) is 2. The lowest BCUT2D eigenvalue weighted by Crippen LogP contribution is -2.69. The van der Waals surface area contributed by atoms with E-state index in [1.54, 1.807) is 24.4 Å². The Bertz CT molecular complexity index is 1250. The van der Waals surface area contributed by atoms with Gasteiger partial charge in [-0.05, 0) is 43.7 Å². The highest BCUT2D eigenvalue weighted by molar-refractivity contribution is 5.87. The SMILES string of the molecule is NC(=O)C(CCCN1CCNCC1(Cc1ccc(-c2ccccc2)o1)C(=O)NCC(F)(F)F)Cc1ccccn1. The van der Waals surface area contributed by atoms with Gasteiger partial charge in [0, 0.05) is 55.8 Å². The van der Waals surface area contributed by atoms with Gasteiger partial charge in [-0.3, -0.25) is 19.5 Å². The van der Waals surface area contributed by atoms with Crippen LogP contribution in [-0.4, -0.2) is 66.1 Å². The third-order valence-corrected chi connectivity index (χ3v) is 7.20. The lowest BCUT2D eigenvalue weighted by molar-refractivity contribution is -0.147. The Morgan fingerprint density at radius 3 is 2.60 bits per heavy atom. The molecule has 3 heterocycles. The molecule has 11 heteroatoms. The summed E-state index contributed by atoms with van der Waals surface area (Å²) < 4.78 is 45.2. The highest BCUT2D eigenvalue weighted by Gasteiger charge is 2.47. The van der Waals surface area contributed by atoms with Gasteiger partial charge in [-0.25, -0.2) is 0 Å². The number of carbonyl (C=O) groups excluding carboxylic acids is 2. The van der Waals surface area contributed by atoms with Gasteiger partial charge in [0.1, 0.15) is 23.6 Å². The zero-order chi connectivity index (χ0) is 28.6. The molecule has 0 radical (unpaired) electrons. The van der Waals surface area contributed by atoms with Gasteiger partial charge in [0.25, 0.3) is 0 Å². The van der Waals surface area contributed by atoms with Crippen molar-refractivity contribution in [2.75, 3.05) is 32.7 Å². The molecule has 1 saturated heterocycles. The van der Waals surface area contributed by atoms with Crippen molar-refractivity contribution in [3.63, 3.8) is 0 Å². The molecule has 2 amide bonds. The van der Waals surface area contributed by atoms with Crippen LogP contribution in [0.15, 0.2) is 71.3 Å². The number of rotatable bonds is 12. The van der Waals surface area contributed by atoms with Crippen LogP contribution < -0.4 is 16.4 Å². The van der Waals surface area contributed by atoms with Crippen molar-refractivity contribution in [2.24, 2.45) is 11.7 Å². The number of nitrogens with zero attached hydrogens (tertiary/aromatic N) is 2. The fourth-order valence-corrected chi connectivity index (χ4v) is 5.15. The fourth-order valence-electron chi connectivity index (χ4n) is 5.15. The van der Waals surface area contributed by atoms with E-state index in [-0.39, 0.29) is 13.0 Å². The van der Waals surface area contributed by atoms with Crippen molar-refractivity contribution in [2.45, 2.75) is 37.4 Å². The van der Waals surface area contributed by atoms with Crippen LogP contribution in [0, 0.1) is 5.92 Å². The molecule has 4 N–H and O–H groups in total. The first kappa shape index (κ1) is 29.3. The van der Waals surface area contributed by atoms with Crippen molar-refractivity contribution >= 4 is 11.8 Å². The molecule has 0 saturated carbocycles. The van der Waals surface area contributed by atoms with E-state index >= 15 is 0 Å². The standard InChI is InChI=1S/C29H34F3N5O3/c30-29(31,32)20-36-27(39)28(18-24-11-12-25(40-24)21-7-2-1-3-8-21)19-34-14-16-37(28)15-6-9-22(26(33)38)17-23-10-4-5-13-35-23/h1-5,7-8,10-13,22,34H,6,9,14-20H2,(H2,33,38)(H,36,39). The van der Waals surface area contributed by atoms with Gasteiger partial charge >= 0.3 is 6.18 Å². The summed E-state index contributed by atoms with van der Waals surface area (Å²) in [6.45, 7) is 0.106. The van der Waals surface area contributed by atoms with E-state index in [1.165, 1.54) is 0 Å². The Morgan fingerprint density at radius 2 is 1.90 bits per heavy atom. The largest absolute Gasteiger partial charge is 0.461 e. The van der Waals surface area contributed by atoms with Crippen LogP contribution in [0.25, 0.3) is 11.3 Å². The highest BCUT2D eigenvalue weighted by Crippen LogP contribution is 2.29. The number of pyridine rings is 1. The van der Waals surface area contributed by atoms with Gasteiger partial charge < -0.3 is 20.8 Å². The normalized spacial score (nSPS) is 18.8. The zero-order valence-corrected chi connectivity index (χ0v) is 22.1. The Morgan fingerprint density at radius 1 is 1.12 bits per heavy atom. The van der Waals surface area contributed by atoms with Crippen LogP contribution >= 0.6 is 0 Å². The monoisotopic (exact) mass is 557 g/mol. The smallest absolute Gasteiger partial charge is 0.405 e. The number of aromatic nitrogens is 1. The molecular formula is C29H34F3N5O3. The molecule has 4 rings (SSSR count). The van der Waals surface area contributed by atoms with Crippen LogP contribution in [-0.2, 0) is 22.4 Å². The van der Waals surface area contributed by atoms with Crippen LogP contribution in [0.2, 0.25) is 0 Å². The van der Waals surface area contributed by atoms with E-state index in [9.17, 15) is 22.8 Å². The highest BCUT2D eigenvalue weighted by atomic mass is 19.4. The number of nitrogens with two attached hydrogens (primary N) is 1. The number of furan rings is 1. The second-order valence-electron chi connectivity index (χ2n) is 10.1. The number of hydrogen-bond acceptors (Lipinski definition) is 6. The minimum atomic E-state index is -4.55. The van der Waals surface area contributed by atoms with E-state index in [2.05, 4.69) is 15.6 Å². The number of piperazine rings is 1. The third kappa shape index (κ3) is 7.70. The van der Waals surface area contributed by atoms with E-state index in [0.717, 1.165) is 11.3 Å². The number of alkyl halides is 3. The molecule has 1 fully saturated rings. The van der Waals surface area contributed by atoms with Crippen molar-refractivity contribution < 1.29 is 27.2 Å². The lowest BCUT2D eigenvalue weighted by atomic mass is 9.87. The van der Waals surface area contributed by atoms with Crippen LogP contribution in [0.1, 0.15) is 24.3 Å². The van der Waals surface area contributed by atoms with Crippen molar-refractivity contribution in [3.05, 3.63) is 78.3 Å². The Hall–Kier alpha value is -3.70. The van der Waals surface area contributed by atoms with E-state index in [0.29, 0.717) is 50.4 Å². The van der Waals surface area contributed by atoms with Gasteiger partial charge in [0.05, 0.1) is 0 Å². The number of benzene rings is 1. The Balaban J connectivity index is 1.52. The number of carbonyl (C=O) groups is 2. The van der Waals surface area contributed by atoms with E-state index in [4.69, 9.17) is 10.2 Å². The van der Waals surface area contributed by atoms with Gasteiger partial charge in [-0.15, -0.1) is 0 Å². The second-order valence-corrected chi connectivity index (χ2v) is 10.1. The molecule has 2 unspecified atom stereocenters. The number of primary amides is 1. The molecule has 8 nitrogen and oxygen atoms in total. The third-order valence-electron chi connectivity index (χ3n) is 7.20. The second kappa shape index (κ2) is 13.1. The molecule has 0 bridgehead atoms. The molecule has 0 spiro atoms. The zero-order valence-electron chi connectivity index (χ0n) is 22.1. The first-order valence-corrected chi connectivity index (χ1v) is 13.3. The number of amides is 2. The first-order chi connectivity index (χ1) is 19.2. The molecule has 214 valence electrons. The average Bonchev–Trinajstić information content (AvgIpc) is 3.41. The first-order valence-electron chi connectivity index (χ1n) is 13.3. The Kier molecular flexibility index (Phi) is 9.59. The predicted molar refractivity (Wildman–Crippen MR) is 144 cm³/mol. The summed E-state index contributed by atoms with van der Waals surface area (Å²) >= 11 is 0. The van der Waals surface area contributed by atoms with E-state index in [1.807, 2.05) is 47.4 Å². The van der Waals surface area contributed by atoms with Crippen LogP contribution in [0.4, 0.5) is 13.2 Å². The minimum absolute atomic E-state index is 0.0731. The number of halogens is 3. The summed E-state index contributed by atoms with van der Waals surface area (Å²) in [5, 5.41) is 5.29. The molecular weight excluding hydrogens is 523 g/mol. The van der Waals surface area contributed by atoms with E-state index < -0.39 is 36.0 Å². The fraction of sp³-hybridized carbons (Fsp3) is 0.414. The molecule has 2 aromatic heterocycles. The van der Waals surface area contributed by atoms with Gasteiger partial charge in [0.15, 0.2) is 0 Å². The molecule has 1 aliphatic rings. The maximum absolute atomic E-state index is 13.5. The summed E-state index contributed by atoms with van der Waals surface area (Å²) in [6.07, 6.45) is -1.46. The quantitative estimate of drug-likeness (QED) is 0.315. The summed E-state index contributed by atoms with van der Waals surface area (Å²) in [7, 11) is 0. The van der Waals surface area contributed by atoms with Gasteiger partial charge in [-0.2, -0.15) is 13.2 Å². The maximum atomic E-state index is 13.5. The summed E-state index contributed by atoms with van der Waals surface area (Å²) in [6, 6.07) is 18.4. The van der Waals surface area contributed by atoms with Crippen molar-refractivity contribution in [3.8, 4) is 11.3 Å². The number of hydrogen-bond donors (Lipinski definition) is 3. The summed E-state index contributed by atoms with van der Waals surface area (Å²) in [5.41, 5.74) is 5.95. The van der Waals surface area contributed by atoms with Gasteiger partial charge in [0.2, 0.25) is 11.8 Å². The van der Waals surface area contributed by atoms with Crippen molar-refractivity contribution in [1.29, 1.82) is 0 Å². The molecule has 40 heavy (non-hydrogen) atoms. The Labute approximate surface area is 231 Å². The predicted octanol–water partition coefficient (Wildman–Crippen LogP) is 3.33. The lowest BCUT2D eigenvalue weighted by Gasteiger charge is -2.46. The van der Waals surface area contributed by atoms with Crippen LogP contribution in [0.5, 0.6) is 0 Å². The van der Waals surface area contributed by atoms with Crippen LogP contribution in [0.3, 0.4) is 0 Å². The summed E-state index contributed by atoms with van der Waals surface area (Å²) in [4.78, 5) is 31.8. The molecule has 0 aliphatic carbocycles. The maximum Gasteiger partial charge on any atom is 0.405 e. The molecule has 2 atom stereocenters. The minimum Gasteiger partial charge on any atom is -0.461 e. The summed E-state index contributed by atoms with van der Waals surface area (Å²) in [5.74, 6) is -0.529. The van der Waals surface area contributed by atoms with Crippen molar-refractivity contribution in [1.82, 2.24) is 20.5 Å². The topological polar surface area (TPSA) is 113 Å². The molecule has 3 aromatic rings.